The van der Waals surface area contributed by atoms with Crippen molar-refractivity contribution in [2.24, 2.45) is 0 Å². The molecule has 2 nitrogen and oxygen atoms in total. The van der Waals surface area contributed by atoms with Crippen LogP contribution < -0.4 is 0 Å². The lowest BCUT2D eigenvalue weighted by atomic mass is 10.1. The van der Waals surface area contributed by atoms with Gasteiger partial charge in [-0.2, -0.15) is 26.3 Å². The number of rotatable bonds is 6. The number of ketones is 1. The van der Waals surface area contributed by atoms with E-state index in [1.54, 1.807) is 0 Å². The Labute approximate surface area is 221 Å². The van der Waals surface area contributed by atoms with E-state index in [-0.39, 0.29) is 27.1 Å². The van der Waals surface area contributed by atoms with Gasteiger partial charge in [-0.05, 0) is 55.6 Å². The van der Waals surface area contributed by atoms with Crippen molar-refractivity contribution >= 4 is 60.8 Å². The molecule has 0 heterocycles. The minimum Gasteiger partial charge on any atom is -0.388 e. The van der Waals surface area contributed by atoms with E-state index in [4.69, 9.17) is 46.4 Å². The second kappa shape index (κ2) is 16.2. The van der Waals surface area contributed by atoms with Crippen LogP contribution in [0.1, 0.15) is 47.7 Å². The summed E-state index contributed by atoms with van der Waals surface area (Å²) in [6.07, 6.45) is -12.9. The average Bonchev–Trinajstić information content (AvgIpc) is 2.74. The van der Waals surface area contributed by atoms with E-state index < -0.39 is 43.5 Å². The SMILES string of the molecule is CPC.O=C(CCC(F)(F)F)c1ccc(Cl)c(Cl)c1.OC(CCC(F)(F)F)c1ccc(Cl)c(Cl)c1. The molecular weight excluding hydrogens is 583 g/mol. The molecule has 0 aliphatic carbocycles. The Kier molecular flexibility index (Phi) is 15.8. The number of aliphatic hydroxyl groups is 1. The van der Waals surface area contributed by atoms with Crippen LogP contribution in [0.5, 0.6) is 0 Å². The predicted molar refractivity (Wildman–Crippen MR) is 133 cm³/mol. The van der Waals surface area contributed by atoms with E-state index in [0.29, 0.717) is 10.6 Å². The Balaban J connectivity index is 0.000000594. The van der Waals surface area contributed by atoms with Gasteiger partial charge >= 0.3 is 12.4 Å². The van der Waals surface area contributed by atoms with E-state index in [2.05, 4.69) is 13.3 Å². The van der Waals surface area contributed by atoms with Gasteiger partial charge in [0.15, 0.2) is 5.78 Å². The maximum atomic E-state index is 11.9. The van der Waals surface area contributed by atoms with Gasteiger partial charge in [-0.3, -0.25) is 4.79 Å². The molecule has 1 unspecified atom stereocenters. The summed E-state index contributed by atoms with van der Waals surface area (Å²) < 4.78 is 71.4. The Morgan fingerprint density at radius 2 is 1.29 bits per heavy atom. The molecule has 0 fully saturated rings. The van der Waals surface area contributed by atoms with Crippen LogP contribution >= 0.6 is 55.0 Å². The molecule has 2 rings (SSSR count). The Hall–Kier alpha value is -0.760. The van der Waals surface area contributed by atoms with Gasteiger partial charge < -0.3 is 5.11 Å². The predicted octanol–water partition coefficient (Wildman–Crippen LogP) is 9.81. The van der Waals surface area contributed by atoms with Crippen molar-refractivity contribution in [3.05, 3.63) is 67.6 Å². The van der Waals surface area contributed by atoms with Crippen LogP contribution in [-0.4, -0.2) is 36.6 Å². The number of Topliss-reactive ketones (excluding diaryl/α,β-unsaturated/α-hetero) is 1. The van der Waals surface area contributed by atoms with Gasteiger partial charge in [-0.1, -0.05) is 52.5 Å². The molecule has 0 saturated heterocycles. The first-order chi connectivity index (χ1) is 16.0. The van der Waals surface area contributed by atoms with Gasteiger partial charge in [0.05, 0.1) is 32.6 Å². The molecule has 0 aromatic heterocycles. The van der Waals surface area contributed by atoms with Crippen LogP contribution in [0.2, 0.25) is 20.1 Å². The minimum atomic E-state index is -4.33. The molecule has 1 atom stereocenters. The van der Waals surface area contributed by atoms with Crippen LogP contribution in [0.4, 0.5) is 26.3 Å². The Morgan fingerprint density at radius 1 is 0.829 bits per heavy atom. The van der Waals surface area contributed by atoms with Gasteiger partial charge in [0.2, 0.25) is 0 Å². The summed E-state index contributed by atoms with van der Waals surface area (Å²) in [5.41, 5.74) is 0.470. The Morgan fingerprint density at radius 3 is 1.71 bits per heavy atom. The van der Waals surface area contributed by atoms with E-state index in [1.165, 1.54) is 36.4 Å². The lowest BCUT2D eigenvalue weighted by Gasteiger charge is -2.13. The van der Waals surface area contributed by atoms with Crippen molar-refractivity contribution in [1.82, 2.24) is 0 Å². The highest BCUT2D eigenvalue weighted by Gasteiger charge is 2.29. The third-order valence-corrected chi connectivity index (χ3v) is 5.38. The molecule has 0 radical (unpaired) electrons. The van der Waals surface area contributed by atoms with Gasteiger partial charge in [-0.25, -0.2) is 0 Å². The number of halogens is 10. The Bertz CT molecular complexity index is 939. The average molecular weight is 606 g/mol. The number of benzene rings is 2. The smallest absolute Gasteiger partial charge is 0.388 e. The second-order valence-electron chi connectivity index (χ2n) is 7.01. The normalized spacial score (nSPS) is 12.1. The zero-order chi connectivity index (χ0) is 27.4. The summed E-state index contributed by atoms with van der Waals surface area (Å²) in [6.45, 7) is 4.31. The quantitative estimate of drug-likeness (QED) is 0.202. The monoisotopic (exact) mass is 604 g/mol. The van der Waals surface area contributed by atoms with Crippen molar-refractivity contribution in [1.29, 1.82) is 0 Å². The zero-order valence-corrected chi connectivity index (χ0v) is 22.5. The van der Waals surface area contributed by atoms with Gasteiger partial charge in [0.1, 0.15) is 0 Å². The lowest BCUT2D eigenvalue weighted by Crippen LogP contribution is -2.10. The third-order valence-electron chi connectivity index (χ3n) is 3.91. The summed E-state index contributed by atoms with van der Waals surface area (Å²) in [7, 11) is 1.08. The summed E-state index contributed by atoms with van der Waals surface area (Å²) in [5.74, 6) is -0.601. The number of carbonyl (C=O) groups is 1. The molecule has 2 aromatic rings. The van der Waals surface area contributed by atoms with E-state index in [0.717, 1.165) is 8.58 Å². The molecule has 0 bridgehead atoms. The maximum absolute atomic E-state index is 11.9. The first-order valence-electron chi connectivity index (χ1n) is 9.84. The molecule has 13 heteroatoms. The second-order valence-corrected chi connectivity index (χ2v) is 9.64. The van der Waals surface area contributed by atoms with Crippen molar-refractivity contribution in [2.45, 2.75) is 44.1 Å². The standard InChI is InChI=1S/C10H9Cl2F3O.C10H7Cl2F3O.C2H7P/c2*11-7-2-1-6(5-8(7)12)9(16)3-4-10(13,14)15;1-3-2/h1-2,5,9,16H,3-4H2;1-2,5H,3-4H2;3H,1-2H3. The topological polar surface area (TPSA) is 37.3 Å². The largest absolute Gasteiger partial charge is 0.389 e. The fraction of sp³-hybridized carbons (Fsp3) is 0.409. The van der Waals surface area contributed by atoms with Crippen molar-refractivity contribution in [2.75, 3.05) is 13.3 Å². The molecule has 198 valence electrons. The zero-order valence-electron chi connectivity index (χ0n) is 18.5. The van der Waals surface area contributed by atoms with E-state index >= 15 is 0 Å². The maximum Gasteiger partial charge on any atom is 0.389 e. The fourth-order valence-corrected chi connectivity index (χ4v) is 2.86. The number of aliphatic hydroxyl groups excluding tert-OH is 1. The van der Waals surface area contributed by atoms with Gasteiger partial charge in [-0.15, -0.1) is 8.58 Å². The molecule has 0 aliphatic rings. The number of hydrogen-bond acceptors (Lipinski definition) is 2. The summed E-state index contributed by atoms with van der Waals surface area (Å²) in [4.78, 5) is 11.4. The summed E-state index contributed by atoms with van der Waals surface area (Å²) >= 11 is 22.6. The molecule has 0 spiro atoms. The number of alkyl halides is 6. The molecule has 35 heavy (non-hydrogen) atoms. The van der Waals surface area contributed by atoms with Gasteiger partial charge in [0.25, 0.3) is 0 Å². The van der Waals surface area contributed by atoms with E-state index in [9.17, 15) is 36.2 Å². The summed E-state index contributed by atoms with van der Waals surface area (Å²) in [5, 5.41) is 10.4. The highest BCUT2D eigenvalue weighted by atomic mass is 35.5. The van der Waals surface area contributed by atoms with Crippen molar-refractivity contribution in [3.8, 4) is 0 Å². The summed E-state index contributed by atoms with van der Waals surface area (Å²) in [6, 6.07) is 8.26. The molecular formula is C22H23Cl4F6O2P. The highest BCUT2D eigenvalue weighted by Crippen LogP contribution is 2.31. The fourth-order valence-electron chi connectivity index (χ4n) is 2.26. The van der Waals surface area contributed by atoms with E-state index in [1.807, 2.05) is 0 Å². The lowest BCUT2D eigenvalue weighted by molar-refractivity contribution is -0.140. The van der Waals surface area contributed by atoms with Crippen molar-refractivity contribution in [3.63, 3.8) is 0 Å². The van der Waals surface area contributed by atoms with Crippen LogP contribution in [-0.2, 0) is 0 Å². The van der Waals surface area contributed by atoms with Crippen molar-refractivity contribution < 1.29 is 36.2 Å². The molecule has 2 aromatic carbocycles. The molecule has 1 N–H and O–H groups in total. The highest BCUT2D eigenvalue weighted by molar-refractivity contribution is 7.35. The molecule has 0 aliphatic heterocycles. The number of hydrogen-bond donors (Lipinski definition) is 1. The minimum absolute atomic E-state index is 0.138. The van der Waals surface area contributed by atoms with Gasteiger partial charge in [0, 0.05) is 18.4 Å². The number of carbonyl (C=O) groups excluding carboxylic acids is 1. The first-order valence-corrected chi connectivity index (χ1v) is 13.3. The third kappa shape index (κ3) is 15.9. The van der Waals surface area contributed by atoms with Crippen LogP contribution in [0.3, 0.4) is 0 Å². The van der Waals surface area contributed by atoms with Crippen LogP contribution in [0.15, 0.2) is 36.4 Å². The molecule has 0 amide bonds. The first kappa shape index (κ1) is 34.2. The van der Waals surface area contributed by atoms with Crippen LogP contribution in [0.25, 0.3) is 0 Å². The molecule has 0 saturated carbocycles. The van der Waals surface area contributed by atoms with Crippen LogP contribution in [0, 0.1) is 0 Å².